The van der Waals surface area contributed by atoms with Crippen molar-refractivity contribution in [3.63, 3.8) is 0 Å². The van der Waals surface area contributed by atoms with Gasteiger partial charge in [0.15, 0.2) is 29.8 Å². The molecule has 0 spiro atoms. The highest BCUT2D eigenvalue weighted by atomic mass is 32.2. The Kier molecular flexibility index (Phi) is 14.8. The number of carbonyl (C=O) groups is 2. The van der Waals surface area contributed by atoms with Gasteiger partial charge in [0, 0.05) is 65.4 Å². The number of nitrogens with one attached hydrogen (secondary N) is 2. The van der Waals surface area contributed by atoms with E-state index in [-0.39, 0.29) is 62.4 Å². The minimum absolute atomic E-state index is 0.000417. The number of thioether (sulfide) groups is 1. The lowest BCUT2D eigenvalue weighted by molar-refractivity contribution is -0.123. The molecule has 1 unspecified atom stereocenters. The largest absolute Gasteiger partial charge is 0.493 e. The zero-order valence-electron chi connectivity index (χ0n) is 41.9. The number of alkyl carbamates (subject to hydrolysis) is 1. The Morgan fingerprint density at radius 3 is 2.35 bits per heavy atom. The summed E-state index contributed by atoms with van der Waals surface area (Å²) >= 11 is 1.60. The van der Waals surface area contributed by atoms with Gasteiger partial charge in [-0.15, -0.1) is 0 Å². The van der Waals surface area contributed by atoms with Crippen LogP contribution in [0, 0.1) is 25.2 Å². The van der Waals surface area contributed by atoms with Crippen LogP contribution < -0.4 is 34.3 Å². The molecular weight excluding hydrogens is 923 g/mol. The van der Waals surface area contributed by atoms with Crippen molar-refractivity contribution in [2.45, 2.75) is 95.2 Å². The normalized spacial score (nSPS) is 21.1. The predicted octanol–water partition coefficient (Wildman–Crippen LogP) is 7.93. The summed E-state index contributed by atoms with van der Waals surface area (Å²) in [6, 6.07) is 18.7. The molecule has 2 amide bonds. The Morgan fingerprint density at radius 2 is 1.68 bits per heavy atom. The van der Waals surface area contributed by atoms with E-state index in [4.69, 9.17) is 37.9 Å². The maximum atomic E-state index is 14.9. The summed E-state index contributed by atoms with van der Waals surface area (Å²) in [5.41, 5.74) is 9.53. The monoisotopic (exact) mass is 987 g/mol. The fraction of sp³-hybridized carbons (Fsp3) is 0.473. The van der Waals surface area contributed by atoms with Crippen molar-refractivity contribution in [2.75, 3.05) is 72.7 Å². The fourth-order valence-electron chi connectivity index (χ4n) is 11.5. The lowest BCUT2D eigenvalue weighted by atomic mass is 9.71. The molecule has 1 aliphatic carbocycles. The number of aryl methyl sites for hydroxylation is 1. The van der Waals surface area contributed by atoms with E-state index in [1.54, 1.807) is 52.8 Å². The third-order valence-electron chi connectivity index (χ3n) is 14.3. The minimum Gasteiger partial charge on any atom is -0.493 e. The Labute approximate surface area is 421 Å². The number of ether oxygens (including phenoxy) is 8. The zero-order chi connectivity index (χ0) is 50.1. The summed E-state index contributed by atoms with van der Waals surface area (Å²) in [5, 5.41) is 17.6. The first kappa shape index (κ1) is 50.0. The molecule has 4 aliphatic heterocycles. The Hall–Kier alpha value is -5.96. The number of benzene rings is 4. The van der Waals surface area contributed by atoms with Crippen molar-refractivity contribution in [3.05, 3.63) is 112 Å². The topological polar surface area (TPSA) is 162 Å². The third-order valence-corrected chi connectivity index (χ3v) is 15.5. The molecule has 1 saturated heterocycles. The van der Waals surface area contributed by atoms with Crippen molar-refractivity contribution in [1.29, 1.82) is 5.26 Å². The van der Waals surface area contributed by atoms with Crippen molar-refractivity contribution in [1.82, 2.24) is 20.4 Å². The van der Waals surface area contributed by atoms with Crippen LogP contribution in [0.2, 0.25) is 0 Å². The number of methoxy groups -OCH3 is 2. The molecule has 1 fully saturated rings. The first-order valence-corrected chi connectivity index (χ1v) is 25.5. The average molecular weight is 988 g/mol. The zero-order valence-corrected chi connectivity index (χ0v) is 42.7. The Balaban J connectivity index is 1.09. The van der Waals surface area contributed by atoms with E-state index in [0.717, 1.165) is 33.4 Å². The molecule has 0 aromatic heterocycles. The van der Waals surface area contributed by atoms with Crippen LogP contribution in [-0.2, 0) is 31.8 Å². The van der Waals surface area contributed by atoms with E-state index in [9.17, 15) is 14.9 Å². The average Bonchev–Trinajstić information content (AvgIpc) is 3.96. The molecule has 4 heterocycles. The highest BCUT2D eigenvalue weighted by Gasteiger charge is 2.57. The second kappa shape index (κ2) is 21.0. The summed E-state index contributed by atoms with van der Waals surface area (Å²) in [4.78, 5) is 33.0. The van der Waals surface area contributed by atoms with Gasteiger partial charge in [-0.3, -0.25) is 14.6 Å². The van der Waals surface area contributed by atoms with Crippen molar-refractivity contribution in [3.8, 4) is 45.9 Å². The third kappa shape index (κ3) is 9.50. The SMILES string of the molecule is C=CCOc1c(C)c2c(c3c1CC1[C@H]4c5c(cc(C)c(OC)c5OCOCCOC)C[C@@H]([C@H](C#N)N1[C@H]3CNC(=O)[C@H](CSCC1c3ccccc3-c3ccccc31)NC(=O)OC(C)(C)C)N4C)OCO2. The van der Waals surface area contributed by atoms with Crippen LogP contribution >= 0.6 is 11.8 Å². The lowest BCUT2D eigenvalue weighted by Gasteiger charge is -2.60. The van der Waals surface area contributed by atoms with E-state index in [1.807, 2.05) is 13.8 Å². The van der Waals surface area contributed by atoms with Crippen molar-refractivity contribution >= 4 is 23.8 Å². The van der Waals surface area contributed by atoms with E-state index < -0.39 is 29.8 Å². The first-order chi connectivity index (χ1) is 34.3. The number of piperazine rings is 1. The Morgan fingerprint density at radius 1 is 0.958 bits per heavy atom. The minimum atomic E-state index is -0.970. The summed E-state index contributed by atoms with van der Waals surface area (Å²) in [5.74, 6) is 3.65. The lowest BCUT2D eigenvalue weighted by Crippen LogP contribution is -2.69. The predicted molar refractivity (Wildman–Crippen MR) is 271 cm³/mol. The van der Waals surface area contributed by atoms with E-state index >= 15 is 0 Å². The van der Waals surface area contributed by atoms with Gasteiger partial charge in [0.05, 0.1) is 38.5 Å². The van der Waals surface area contributed by atoms with Crippen LogP contribution in [0.3, 0.4) is 0 Å². The van der Waals surface area contributed by atoms with Gasteiger partial charge < -0.3 is 48.5 Å². The maximum Gasteiger partial charge on any atom is 0.408 e. The van der Waals surface area contributed by atoms with Gasteiger partial charge in [-0.1, -0.05) is 67.3 Å². The number of amides is 2. The first-order valence-electron chi connectivity index (χ1n) is 24.3. The number of carbonyl (C=O) groups excluding carboxylic acids is 2. The van der Waals surface area contributed by atoms with Gasteiger partial charge in [0.25, 0.3) is 0 Å². The number of nitriles is 1. The maximum absolute atomic E-state index is 14.9. The molecule has 6 atom stereocenters. The highest BCUT2D eigenvalue weighted by molar-refractivity contribution is 7.99. The number of likely N-dealkylation sites (N-methyl/N-ethyl adjacent to an activating group) is 1. The van der Waals surface area contributed by atoms with Crippen LogP contribution in [0.25, 0.3) is 11.1 Å². The molecule has 9 rings (SSSR count). The quantitative estimate of drug-likeness (QED) is 0.0562. The summed E-state index contributed by atoms with van der Waals surface area (Å²) < 4.78 is 48.5. The van der Waals surface area contributed by atoms with Gasteiger partial charge in [-0.05, 0) is 87.9 Å². The molecule has 71 heavy (non-hydrogen) atoms. The molecule has 5 aliphatic rings. The van der Waals surface area contributed by atoms with Crippen molar-refractivity contribution < 1.29 is 47.5 Å². The standard InChI is InChI=1S/C55H65N5O10S/c1-10-19-66-49-32(3)50-52(69-30-68-50)46-38(49)24-42-47-45-33(22-31(2)48(64-9)51(45)67-29-65-21-20-63-8)23-41(59(47)7)43(25-56)60(42)44(46)26-57-53(61)40(58-54(62)70-55(4,5)6)28-71-27-39-36-17-13-11-15-34(36)35-16-12-14-18-37(35)39/h10-18,22,39-44,47H,1,19-21,23-24,26-30H2,2-9H3,(H,57,61)(H,58,62)/t40-,41-,42?,43-,44-,47-/m0/s1. The summed E-state index contributed by atoms with van der Waals surface area (Å²) in [6.45, 7) is 14.3. The van der Waals surface area contributed by atoms with Crippen LogP contribution in [0.1, 0.15) is 83.3 Å². The number of rotatable bonds is 18. The van der Waals surface area contributed by atoms with Crippen LogP contribution in [0.5, 0.6) is 28.7 Å². The molecule has 15 nitrogen and oxygen atoms in total. The van der Waals surface area contributed by atoms with Crippen LogP contribution in [0.15, 0.2) is 67.3 Å². The van der Waals surface area contributed by atoms with Gasteiger partial charge in [0.2, 0.25) is 12.7 Å². The molecule has 0 radical (unpaired) electrons. The van der Waals surface area contributed by atoms with Crippen LogP contribution in [0.4, 0.5) is 4.79 Å². The molecule has 4 aromatic rings. The van der Waals surface area contributed by atoms with Crippen LogP contribution in [-0.4, -0.2) is 124 Å². The van der Waals surface area contributed by atoms with Gasteiger partial charge in [-0.25, -0.2) is 4.79 Å². The van der Waals surface area contributed by atoms with Crippen molar-refractivity contribution in [2.24, 2.45) is 0 Å². The number of nitrogens with zero attached hydrogens (tertiary/aromatic N) is 3. The molecule has 0 saturated carbocycles. The number of fused-ring (bicyclic) bond motifs is 12. The smallest absolute Gasteiger partial charge is 0.408 e. The van der Waals surface area contributed by atoms with E-state index in [1.165, 1.54) is 22.3 Å². The van der Waals surface area contributed by atoms with E-state index in [0.29, 0.717) is 60.6 Å². The van der Waals surface area contributed by atoms with Gasteiger partial charge in [-0.2, -0.15) is 17.0 Å². The fourth-order valence-corrected chi connectivity index (χ4v) is 12.7. The molecule has 2 bridgehead atoms. The van der Waals surface area contributed by atoms with E-state index in [2.05, 4.69) is 94.7 Å². The number of hydrogen-bond acceptors (Lipinski definition) is 14. The van der Waals surface area contributed by atoms with Gasteiger partial charge in [0.1, 0.15) is 30.0 Å². The molecular formula is C55H65N5O10S. The second-order valence-corrected chi connectivity index (χ2v) is 20.8. The summed E-state index contributed by atoms with van der Waals surface area (Å²) in [7, 11) is 5.34. The Bertz CT molecular complexity index is 2670. The molecule has 4 aromatic carbocycles. The number of hydrogen-bond donors (Lipinski definition) is 2. The van der Waals surface area contributed by atoms with Gasteiger partial charge >= 0.3 is 6.09 Å². The molecule has 16 heteroatoms. The highest BCUT2D eigenvalue weighted by Crippen LogP contribution is 2.58. The molecule has 2 N–H and O–H groups in total. The summed E-state index contributed by atoms with van der Waals surface area (Å²) in [6.07, 6.45) is 2.02. The second-order valence-electron chi connectivity index (χ2n) is 19.7. The molecule has 376 valence electrons.